The fourth-order valence-electron chi connectivity index (χ4n) is 3.59. The summed E-state index contributed by atoms with van der Waals surface area (Å²) in [6.45, 7) is 2.35. The topological polar surface area (TPSA) is 84.9 Å². The SMILES string of the molecule is COc1ccc(CN(C2CCCCNC2=O)S(=O)(=O)c2ccc(C)c(Cl)c2)cc1OC. The van der Waals surface area contributed by atoms with Gasteiger partial charge in [0.05, 0.1) is 19.1 Å². The van der Waals surface area contributed by atoms with Gasteiger partial charge in [-0.1, -0.05) is 23.7 Å². The largest absolute Gasteiger partial charge is 0.493 e. The van der Waals surface area contributed by atoms with Gasteiger partial charge in [0.25, 0.3) is 0 Å². The minimum atomic E-state index is -4.01. The van der Waals surface area contributed by atoms with Crippen LogP contribution in [-0.4, -0.2) is 45.4 Å². The number of sulfonamides is 1. The number of hydrogen-bond acceptors (Lipinski definition) is 5. The highest BCUT2D eigenvalue weighted by Gasteiger charge is 2.36. The molecule has 0 bridgehead atoms. The Bertz CT molecular complexity index is 1060. The molecule has 1 N–H and O–H groups in total. The Balaban J connectivity index is 2.06. The molecule has 168 valence electrons. The zero-order valence-corrected chi connectivity index (χ0v) is 19.4. The van der Waals surface area contributed by atoms with Crippen molar-refractivity contribution < 1.29 is 22.7 Å². The van der Waals surface area contributed by atoms with E-state index in [1.165, 1.54) is 30.7 Å². The van der Waals surface area contributed by atoms with Crippen LogP contribution in [0.15, 0.2) is 41.3 Å². The van der Waals surface area contributed by atoms with Crippen LogP contribution in [-0.2, 0) is 21.4 Å². The van der Waals surface area contributed by atoms with Crippen LogP contribution in [0.4, 0.5) is 0 Å². The van der Waals surface area contributed by atoms with Crippen LogP contribution in [0.1, 0.15) is 30.4 Å². The summed E-state index contributed by atoms with van der Waals surface area (Å²) < 4.78 is 39.2. The van der Waals surface area contributed by atoms with Gasteiger partial charge >= 0.3 is 0 Å². The molecular formula is C22H27ClN2O5S. The first-order valence-electron chi connectivity index (χ1n) is 10.0. The lowest BCUT2D eigenvalue weighted by Crippen LogP contribution is -2.48. The number of methoxy groups -OCH3 is 2. The Hall–Kier alpha value is -2.29. The van der Waals surface area contributed by atoms with Crippen LogP contribution in [0.3, 0.4) is 0 Å². The molecule has 0 aliphatic carbocycles. The van der Waals surface area contributed by atoms with Crippen LogP contribution in [0, 0.1) is 6.92 Å². The van der Waals surface area contributed by atoms with Crippen LogP contribution in [0.2, 0.25) is 5.02 Å². The lowest BCUT2D eigenvalue weighted by molar-refractivity contribution is -0.124. The fraction of sp³-hybridized carbons (Fsp3) is 0.409. The van der Waals surface area contributed by atoms with Gasteiger partial charge in [-0.05, 0) is 61.6 Å². The molecule has 0 saturated carbocycles. The summed E-state index contributed by atoms with van der Waals surface area (Å²) in [6.07, 6.45) is 2.00. The summed E-state index contributed by atoms with van der Waals surface area (Å²) in [5, 5.41) is 3.19. The first kappa shape index (κ1) is 23.4. The molecule has 3 rings (SSSR count). The minimum absolute atomic E-state index is 0.00622. The second-order valence-corrected chi connectivity index (χ2v) is 9.75. The van der Waals surface area contributed by atoms with Gasteiger partial charge in [-0.2, -0.15) is 4.31 Å². The summed E-state index contributed by atoms with van der Waals surface area (Å²) in [4.78, 5) is 12.8. The van der Waals surface area contributed by atoms with E-state index in [1.54, 1.807) is 31.2 Å². The predicted molar refractivity (Wildman–Crippen MR) is 119 cm³/mol. The van der Waals surface area contributed by atoms with E-state index >= 15 is 0 Å². The molecule has 1 unspecified atom stereocenters. The molecule has 31 heavy (non-hydrogen) atoms. The highest BCUT2D eigenvalue weighted by atomic mass is 35.5. The number of carbonyl (C=O) groups excluding carboxylic acids is 1. The Morgan fingerprint density at radius 2 is 1.84 bits per heavy atom. The molecule has 1 amide bonds. The molecule has 2 aromatic rings. The third-order valence-corrected chi connectivity index (χ3v) is 7.65. The third-order valence-electron chi connectivity index (χ3n) is 5.39. The van der Waals surface area contributed by atoms with E-state index in [0.29, 0.717) is 35.1 Å². The molecule has 2 aromatic carbocycles. The highest BCUT2D eigenvalue weighted by Crippen LogP contribution is 2.31. The Morgan fingerprint density at radius 3 is 2.52 bits per heavy atom. The number of aryl methyl sites for hydroxylation is 1. The maximum atomic E-state index is 13.7. The second-order valence-electron chi connectivity index (χ2n) is 7.45. The normalized spacial score (nSPS) is 17.2. The predicted octanol–water partition coefficient (Wildman–Crippen LogP) is 3.53. The monoisotopic (exact) mass is 466 g/mol. The fourth-order valence-corrected chi connectivity index (χ4v) is 5.47. The van der Waals surface area contributed by atoms with Crippen molar-refractivity contribution in [1.29, 1.82) is 0 Å². The molecule has 7 nitrogen and oxygen atoms in total. The molecule has 1 fully saturated rings. The van der Waals surface area contributed by atoms with Crippen molar-refractivity contribution in [3.63, 3.8) is 0 Å². The van der Waals surface area contributed by atoms with Crippen LogP contribution < -0.4 is 14.8 Å². The summed E-state index contributed by atoms with van der Waals surface area (Å²) in [7, 11) is -0.956. The van der Waals surface area contributed by atoms with Crippen LogP contribution in [0.25, 0.3) is 0 Å². The van der Waals surface area contributed by atoms with Gasteiger partial charge in [-0.25, -0.2) is 8.42 Å². The molecule has 9 heteroatoms. The molecule has 1 aliphatic rings. The van der Waals surface area contributed by atoms with Gasteiger partial charge in [0, 0.05) is 18.1 Å². The molecule has 0 radical (unpaired) electrons. The molecular weight excluding hydrogens is 440 g/mol. The van der Waals surface area contributed by atoms with Gasteiger partial charge in [0.15, 0.2) is 11.5 Å². The van der Waals surface area contributed by atoms with E-state index < -0.39 is 16.1 Å². The number of ether oxygens (including phenoxy) is 2. The van der Waals surface area contributed by atoms with E-state index in [1.807, 2.05) is 0 Å². The first-order valence-corrected chi connectivity index (χ1v) is 11.9. The smallest absolute Gasteiger partial charge is 0.244 e. The first-order chi connectivity index (χ1) is 14.8. The van der Waals surface area contributed by atoms with E-state index in [2.05, 4.69) is 5.32 Å². The molecule has 0 spiro atoms. The van der Waals surface area contributed by atoms with Gasteiger partial charge in [0.2, 0.25) is 15.9 Å². The third kappa shape index (κ3) is 5.14. The number of hydrogen-bond donors (Lipinski definition) is 1. The van der Waals surface area contributed by atoms with E-state index in [4.69, 9.17) is 21.1 Å². The summed E-state index contributed by atoms with van der Waals surface area (Å²) in [6, 6.07) is 9.00. The molecule has 1 atom stereocenters. The molecule has 0 aromatic heterocycles. The maximum absolute atomic E-state index is 13.7. The minimum Gasteiger partial charge on any atom is -0.493 e. The second kappa shape index (κ2) is 9.89. The highest BCUT2D eigenvalue weighted by molar-refractivity contribution is 7.89. The summed E-state index contributed by atoms with van der Waals surface area (Å²) >= 11 is 6.21. The van der Waals surface area contributed by atoms with Gasteiger partial charge in [-0.15, -0.1) is 0 Å². The van der Waals surface area contributed by atoms with Crippen molar-refractivity contribution in [2.75, 3.05) is 20.8 Å². The van der Waals surface area contributed by atoms with Gasteiger partial charge in [0.1, 0.15) is 6.04 Å². The number of rotatable bonds is 7. The number of nitrogens with one attached hydrogen (secondary N) is 1. The lowest BCUT2D eigenvalue weighted by Gasteiger charge is -2.29. The summed E-state index contributed by atoms with van der Waals surface area (Å²) in [5.41, 5.74) is 1.45. The van der Waals surface area contributed by atoms with Crippen molar-refractivity contribution in [1.82, 2.24) is 9.62 Å². The number of carbonyl (C=O) groups is 1. The standard InChI is InChI=1S/C22H27ClN2O5S/c1-15-7-9-17(13-18(15)23)31(27,28)25(19-6-4-5-11-24-22(19)26)14-16-8-10-20(29-2)21(12-16)30-3/h7-10,12-13,19H,4-6,11,14H2,1-3H3,(H,24,26). The number of halogens is 1. The van der Waals surface area contributed by atoms with E-state index in [9.17, 15) is 13.2 Å². The average molecular weight is 467 g/mol. The Labute approximate surface area is 188 Å². The number of amides is 1. The molecule has 1 heterocycles. The van der Waals surface area contributed by atoms with Crippen molar-refractivity contribution in [3.05, 3.63) is 52.5 Å². The molecule has 1 saturated heterocycles. The maximum Gasteiger partial charge on any atom is 0.244 e. The van der Waals surface area contributed by atoms with Crippen molar-refractivity contribution in [2.45, 2.75) is 43.7 Å². The summed E-state index contributed by atoms with van der Waals surface area (Å²) in [5.74, 6) is 0.735. The van der Waals surface area contributed by atoms with E-state index in [0.717, 1.165) is 18.4 Å². The number of nitrogens with zero attached hydrogens (tertiary/aromatic N) is 1. The van der Waals surface area contributed by atoms with Crippen molar-refractivity contribution >= 4 is 27.5 Å². The lowest BCUT2D eigenvalue weighted by atomic mass is 10.1. The number of benzene rings is 2. The quantitative estimate of drug-likeness (QED) is 0.674. The van der Waals surface area contributed by atoms with Crippen molar-refractivity contribution in [3.8, 4) is 11.5 Å². The Kier molecular flexibility index (Phi) is 7.46. The van der Waals surface area contributed by atoms with Gasteiger partial charge in [-0.3, -0.25) is 4.79 Å². The van der Waals surface area contributed by atoms with Crippen LogP contribution in [0.5, 0.6) is 11.5 Å². The average Bonchev–Trinajstić information content (AvgIpc) is 2.97. The van der Waals surface area contributed by atoms with Gasteiger partial charge < -0.3 is 14.8 Å². The zero-order valence-electron chi connectivity index (χ0n) is 17.9. The molecule has 1 aliphatic heterocycles. The Morgan fingerprint density at radius 1 is 1.10 bits per heavy atom. The van der Waals surface area contributed by atoms with Crippen molar-refractivity contribution in [2.24, 2.45) is 0 Å². The zero-order chi connectivity index (χ0) is 22.6. The van der Waals surface area contributed by atoms with E-state index in [-0.39, 0.29) is 17.3 Å². The van der Waals surface area contributed by atoms with Crippen LogP contribution >= 0.6 is 11.6 Å².